The number of furan rings is 2. The molecule has 2 aliphatic rings. The van der Waals surface area contributed by atoms with Crippen LogP contribution in [0.5, 0.6) is 11.5 Å². The zero-order chi connectivity index (χ0) is 52.7. The Labute approximate surface area is 428 Å². The summed E-state index contributed by atoms with van der Waals surface area (Å²) >= 11 is 22.9. The highest BCUT2D eigenvalue weighted by atomic mass is 35.5. The molecule has 4 unspecified atom stereocenters. The zero-order valence-corrected chi connectivity index (χ0v) is 40.9. The summed E-state index contributed by atoms with van der Waals surface area (Å²) in [4.78, 5) is 55.8. The van der Waals surface area contributed by atoms with Crippen molar-refractivity contribution in [1.82, 2.24) is 5.32 Å². The third-order valence-corrected chi connectivity index (χ3v) is 12.4. The molecular formula is C50H47Cl4F5N2O11. The Morgan fingerprint density at radius 3 is 1.54 bits per heavy atom. The maximum atomic E-state index is 13.4. The van der Waals surface area contributed by atoms with E-state index < -0.39 is 29.7 Å². The van der Waals surface area contributed by atoms with E-state index in [9.17, 15) is 41.1 Å². The number of nitrogens with one attached hydrogen (secondary N) is 1. The molecule has 2 aliphatic carbocycles. The molecule has 5 N–H and O–H groups in total. The molecule has 2 saturated carbocycles. The lowest BCUT2D eigenvalue weighted by atomic mass is 10.00. The summed E-state index contributed by atoms with van der Waals surface area (Å²) in [7, 11) is 0. The van der Waals surface area contributed by atoms with Crippen LogP contribution in [0.15, 0.2) is 93.8 Å². The predicted molar refractivity (Wildman–Crippen MR) is 259 cm³/mol. The fraction of sp³-hybridized carbons (Fsp3) is 0.340. The molecular weight excluding hydrogens is 1040 g/mol. The molecule has 2 heterocycles. The van der Waals surface area contributed by atoms with Gasteiger partial charge in [-0.1, -0.05) is 46.4 Å². The highest BCUT2D eigenvalue weighted by Gasteiger charge is 2.38. The predicted octanol–water partition coefficient (Wildman–Crippen LogP) is 13.0. The van der Waals surface area contributed by atoms with Gasteiger partial charge in [0.1, 0.15) is 47.5 Å². The molecule has 22 heteroatoms. The first-order valence-corrected chi connectivity index (χ1v) is 23.7. The van der Waals surface area contributed by atoms with Gasteiger partial charge in [-0.25, -0.2) is 18.4 Å². The number of benzene rings is 4. The number of Topliss-reactive ketones (excluding diaryl/α,β-unsaturated/α-hetero) is 2. The maximum Gasteiger partial charge on any atom is 0.490 e. The van der Waals surface area contributed by atoms with E-state index in [4.69, 9.17) is 85.5 Å². The molecule has 13 nitrogen and oxygen atoms in total. The molecule has 0 spiro atoms. The van der Waals surface area contributed by atoms with Crippen molar-refractivity contribution in [2.24, 2.45) is 17.6 Å². The van der Waals surface area contributed by atoms with Crippen LogP contribution in [0.1, 0.15) is 85.3 Å². The summed E-state index contributed by atoms with van der Waals surface area (Å²) in [5.74, 6) is -3.53. The van der Waals surface area contributed by atoms with Crippen molar-refractivity contribution in [2.45, 2.75) is 82.5 Å². The number of carboxylic acids is 2. The number of nitrogens with two attached hydrogens (primary N) is 1. The molecule has 4 atom stereocenters. The standard InChI is InChI=1S/C24H22Cl2FNO4.C15H19ClFNO2.C9H5ClO3.C2HF3O2/c25-16-3-8-22-15(10-16)11-23(32-22)24(30)28-17-4-1-14(9-17)2-5-18(29)13-31-19-6-7-20(26)21(27)12-19;16-14-6-5-13(8-15(14)17)20-9-12(19)4-2-10-1-3-11(18)7-10;10-6-1-2-7-5(3-6)4-8(13-7)9(11)12;3-2(4,5)1(6)7/h3,6-8,10-12,14,17H,1-2,4-5,9,13H2,(H,28,30);5-6,8,10-11H,1-4,7,9,18H2;1-4H,(H,11,12);(H,6,7). The average molecular weight is 1090 g/mol. The number of hydrogen-bond donors (Lipinski definition) is 4. The van der Waals surface area contributed by atoms with Gasteiger partial charge in [0.2, 0.25) is 5.76 Å². The average Bonchev–Trinajstić information content (AvgIpc) is 4.15. The minimum Gasteiger partial charge on any atom is -0.486 e. The number of alkyl halides is 3. The Bertz CT molecular complexity index is 2860. The van der Waals surface area contributed by atoms with Gasteiger partial charge in [-0.05, 0) is 136 Å². The van der Waals surface area contributed by atoms with E-state index in [2.05, 4.69) is 5.32 Å². The summed E-state index contributed by atoms with van der Waals surface area (Å²) in [5, 5.41) is 21.5. The monoisotopic (exact) mass is 1090 g/mol. The topological polar surface area (TPSA) is 209 Å². The van der Waals surface area contributed by atoms with E-state index in [1.807, 2.05) is 0 Å². The van der Waals surface area contributed by atoms with Gasteiger partial charge in [-0.3, -0.25) is 14.4 Å². The van der Waals surface area contributed by atoms with Gasteiger partial charge in [0.25, 0.3) is 5.91 Å². The molecule has 72 heavy (non-hydrogen) atoms. The fourth-order valence-electron chi connectivity index (χ4n) is 7.68. The van der Waals surface area contributed by atoms with Gasteiger partial charge >= 0.3 is 18.1 Å². The second kappa shape index (κ2) is 26.7. The Morgan fingerprint density at radius 1 is 0.639 bits per heavy atom. The van der Waals surface area contributed by atoms with Gasteiger partial charge in [0, 0.05) is 57.9 Å². The molecule has 0 aliphatic heterocycles. The molecule has 386 valence electrons. The van der Waals surface area contributed by atoms with Crippen molar-refractivity contribution in [3.8, 4) is 11.5 Å². The number of halogens is 9. The van der Waals surface area contributed by atoms with E-state index in [0.29, 0.717) is 63.1 Å². The lowest BCUT2D eigenvalue weighted by molar-refractivity contribution is -0.192. The van der Waals surface area contributed by atoms with Gasteiger partial charge in [-0.2, -0.15) is 13.2 Å². The minimum atomic E-state index is -5.08. The number of ketones is 2. The summed E-state index contributed by atoms with van der Waals surface area (Å²) in [6, 6.07) is 21.9. The maximum absolute atomic E-state index is 13.4. The first-order chi connectivity index (χ1) is 34.0. The second-order valence-electron chi connectivity index (χ2n) is 16.9. The molecule has 0 saturated heterocycles. The Hall–Kier alpha value is -5.92. The van der Waals surface area contributed by atoms with Gasteiger partial charge in [-0.15, -0.1) is 0 Å². The molecule has 1 amide bonds. The van der Waals surface area contributed by atoms with Crippen LogP contribution in [0, 0.1) is 23.5 Å². The number of aliphatic carboxylic acids is 1. The van der Waals surface area contributed by atoms with Gasteiger partial charge in [0.15, 0.2) is 17.3 Å². The molecule has 2 aromatic heterocycles. The van der Waals surface area contributed by atoms with Crippen LogP contribution in [-0.4, -0.2) is 71.1 Å². The number of carbonyl (C=O) groups excluding carboxylic acids is 3. The number of carboxylic acid groups (broad SMARTS) is 2. The summed E-state index contributed by atoms with van der Waals surface area (Å²) in [5.41, 5.74) is 6.98. The molecule has 4 aromatic carbocycles. The van der Waals surface area contributed by atoms with Crippen LogP contribution in [0.2, 0.25) is 20.1 Å². The van der Waals surface area contributed by atoms with Crippen LogP contribution < -0.4 is 20.5 Å². The first kappa shape index (κ1) is 57.0. The van der Waals surface area contributed by atoms with Crippen LogP contribution in [0.4, 0.5) is 22.0 Å². The Morgan fingerprint density at radius 2 is 1.10 bits per heavy atom. The number of aromatic carboxylic acids is 1. The first-order valence-electron chi connectivity index (χ1n) is 22.2. The van der Waals surface area contributed by atoms with Crippen LogP contribution in [0.25, 0.3) is 21.9 Å². The van der Waals surface area contributed by atoms with Gasteiger partial charge in [0.05, 0.1) is 10.0 Å². The molecule has 0 bridgehead atoms. The van der Waals surface area contributed by atoms with Crippen LogP contribution in [0.3, 0.4) is 0 Å². The summed E-state index contributed by atoms with van der Waals surface area (Å²) in [6.45, 7) is -0.135. The fourth-order valence-corrected chi connectivity index (χ4v) is 8.28. The lowest BCUT2D eigenvalue weighted by Crippen LogP contribution is -2.32. The van der Waals surface area contributed by atoms with E-state index >= 15 is 0 Å². The molecule has 2 fully saturated rings. The third kappa shape index (κ3) is 18.3. The van der Waals surface area contributed by atoms with Crippen molar-refractivity contribution >= 4 is 97.8 Å². The number of amides is 1. The Kier molecular flexibility index (Phi) is 21.1. The van der Waals surface area contributed by atoms with E-state index in [1.165, 1.54) is 30.3 Å². The van der Waals surface area contributed by atoms with Crippen molar-refractivity contribution in [2.75, 3.05) is 13.2 Å². The number of ether oxygens (including phenoxy) is 2. The van der Waals surface area contributed by atoms with E-state index in [-0.39, 0.29) is 64.0 Å². The lowest BCUT2D eigenvalue weighted by Gasteiger charge is -2.12. The number of hydrogen-bond acceptors (Lipinski definition) is 10. The molecule has 0 radical (unpaired) electrons. The molecule has 8 rings (SSSR count). The number of rotatable bonds is 15. The highest BCUT2D eigenvalue weighted by molar-refractivity contribution is 6.32. The van der Waals surface area contributed by atoms with Crippen LogP contribution in [-0.2, 0) is 14.4 Å². The van der Waals surface area contributed by atoms with E-state index in [0.717, 1.165) is 62.8 Å². The number of carbonyl (C=O) groups is 5. The normalized spacial score (nSPS) is 17.1. The number of fused-ring (bicyclic) bond motifs is 2. The largest absolute Gasteiger partial charge is 0.490 e. The minimum absolute atomic E-state index is 0.0104. The van der Waals surface area contributed by atoms with Crippen LogP contribution >= 0.6 is 46.4 Å². The second-order valence-corrected chi connectivity index (χ2v) is 18.6. The van der Waals surface area contributed by atoms with Crippen molar-refractivity contribution in [1.29, 1.82) is 0 Å². The quantitative estimate of drug-likeness (QED) is 0.0708. The summed E-state index contributed by atoms with van der Waals surface area (Å²) < 4.78 is 79.6. The smallest absolute Gasteiger partial charge is 0.486 e. The third-order valence-electron chi connectivity index (χ3n) is 11.3. The van der Waals surface area contributed by atoms with Crippen molar-refractivity contribution < 1.29 is 74.4 Å². The highest BCUT2D eigenvalue weighted by Crippen LogP contribution is 2.32. The van der Waals surface area contributed by atoms with Crippen molar-refractivity contribution in [3.63, 3.8) is 0 Å². The SMILES string of the molecule is NC1CCC(CCC(=O)COc2ccc(Cl)c(F)c2)C1.O=C(CCC1CCC(NC(=O)c2cc3cc(Cl)ccc3o2)C1)COc1ccc(Cl)c(F)c1.O=C(O)C(F)(F)F.O=C(O)c1cc2cc(Cl)ccc2o1. The summed E-state index contributed by atoms with van der Waals surface area (Å²) in [6.07, 6.45) is 3.17. The van der Waals surface area contributed by atoms with E-state index in [1.54, 1.807) is 48.5 Å². The molecule has 6 aromatic rings. The van der Waals surface area contributed by atoms with Crippen molar-refractivity contribution in [3.05, 3.63) is 128 Å². The zero-order valence-electron chi connectivity index (χ0n) is 37.9. The Balaban J connectivity index is 0.000000204. The van der Waals surface area contributed by atoms with Gasteiger partial charge < -0.3 is 39.6 Å².